The van der Waals surface area contributed by atoms with E-state index in [1.54, 1.807) is 18.3 Å². The molecule has 0 bridgehead atoms. The molecule has 0 aliphatic rings. The second-order valence-electron chi connectivity index (χ2n) is 3.47. The number of aromatic nitrogens is 5. The third-order valence-corrected chi connectivity index (χ3v) is 2.20. The van der Waals surface area contributed by atoms with Crippen LogP contribution in [0.15, 0.2) is 37.2 Å². The Balaban J connectivity index is 0.000000350. The number of carbonyl (C=O) groups excluding carboxylic acids is 1. The van der Waals surface area contributed by atoms with Crippen LogP contribution < -0.4 is 11.5 Å². The number of nitrogens with zero attached hydrogens (tertiary/aromatic N) is 4. The summed E-state index contributed by atoms with van der Waals surface area (Å²) in [5.74, 6) is -0.00870. The number of pyridine rings is 1. The Kier molecular flexibility index (Phi) is 3.62. The van der Waals surface area contributed by atoms with Crippen molar-refractivity contribution in [3.63, 3.8) is 0 Å². The van der Waals surface area contributed by atoms with Crippen LogP contribution in [0.2, 0.25) is 0 Å². The zero-order chi connectivity index (χ0) is 13.7. The van der Waals surface area contributed by atoms with Crippen LogP contribution in [-0.2, 0) is 0 Å². The first-order valence-electron chi connectivity index (χ1n) is 5.28. The summed E-state index contributed by atoms with van der Waals surface area (Å²) in [7, 11) is 0. The zero-order valence-corrected chi connectivity index (χ0v) is 9.82. The van der Waals surface area contributed by atoms with Gasteiger partial charge in [-0.15, -0.1) is 0 Å². The first-order chi connectivity index (χ1) is 9.18. The Bertz CT molecular complexity index is 689. The number of hydrogen-bond donors (Lipinski definition) is 3. The quantitative estimate of drug-likeness (QED) is 0.587. The second-order valence-corrected chi connectivity index (χ2v) is 3.47. The minimum Gasteiger partial charge on any atom is -0.382 e. The van der Waals surface area contributed by atoms with E-state index in [0.29, 0.717) is 22.5 Å². The molecule has 3 aromatic heterocycles. The van der Waals surface area contributed by atoms with Crippen LogP contribution in [0.3, 0.4) is 0 Å². The minimum absolute atomic E-state index is 0. The fourth-order valence-corrected chi connectivity index (χ4v) is 1.29. The predicted octanol–water partition coefficient (Wildman–Crippen LogP) is 0.608. The number of anilines is 1. The maximum atomic E-state index is 10.4. The normalized spacial score (nSPS) is 9.68. The lowest BCUT2D eigenvalue weighted by Crippen LogP contribution is -2.10. The van der Waals surface area contributed by atoms with Crippen molar-refractivity contribution < 1.29 is 7.65 Å². The van der Waals surface area contributed by atoms with Crippen molar-refractivity contribution >= 4 is 22.9 Å². The van der Waals surface area contributed by atoms with Crippen molar-refractivity contribution in [2.75, 3.05) is 5.73 Å². The summed E-state index contributed by atoms with van der Waals surface area (Å²) < 4.78 is 0. The number of hydrogen-bond acceptors (Lipinski definition) is 6. The average Bonchev–Trinajstić information content (AvgIpc) is 2.90. The number of nitrogens with one attached hydrogen (secondary N) is 1. The molecule has 3 rings (SSSR count). The molecule has 3 heterocycles. The van der Waals surface area contributed by atoms with Gasteiger partial charge in [0, 0.05) is 15.2 Å². The summed E-state index contributed by atoms with van der Waals surface area (Å²) in [5.41, 5.74) is 12.2. The Labute approximate surface area is 110 Å². The molecule has 0 saturated carbocycles. The van der Waals surface area contributed by atoms with E-state index in [1.807, 2.05) is 0 Å². The molecular weight excluding hydrogens is 246 g/mol. The van der Waals surface area contributed by atoms with Gasteiger partial charge in [0.05, 0.1) is 11.9 Å². The van der Waals surface area contributed by atoms with Gasteiger partial charge >= 0.3 is 0 Å². The molecule has 0 spiro atoms. The molecule has 0 aliphatic carbocycles. The molecule has 0 aliphatic heterocycles. The van der Waals surface area contributed by atoms with Crippen LogP contribution in [0.25, 0.3) is 11.2 Å². The number of H-pyrrole nitrogens is 1. The summed E-state index contributed by atoms with van der Waals surface area (Å²) in [6.45, 7) is 0. The highest BCUT2D eigenvalue weighted by atomic mass is 16.1. The lowest BCUT2D eigenvalue weighted by molar-refractivity contribution is 0.1000. The molecular formula is C11H15N7O. The third-order valence-electron chi connectivity index (χ3n) is 2.20. The van der Waals surface area contributed by atoms with E-state index in [9.17, 15) is 4.79 Å². The molecule has 0 saturated heterocycles. The Morgan fingerprint density at radius 1 is 1.32 bits per heavy atom. The van der Waals surface area contributed by atoms with Crippen LogP contribution in [0.1, 0.15) is 13.2 Å². The molecule has 19 heavy (non-hydrogen) atoms. The fourth-order valence-electron chi connectivity index (χ4n) is 1.29. The second kappa shape index (κ2) is 5.54. The average molecular weight is 261 g/mol. The maximum absolute atomic E-state index is 10.4. The molecule has 0 fully saturated rings. The van der Waals surface area contributed by atoms with Crippen molar-refractivity contribution in [1.82, 2.24) is 24.9 Å². The largest absolute Gasteiger partial charge is 0.382 e. The SMILES string of the molecule is NC(=O)c1cccnc1.Nc1ncnc2nc[nH]c12.[HH].[HH]. The third kappa shape index (κ3) is 3.00. The smallest absolute Gasteiger partial charge is 0.250 e. The predicted molar refractivity (Wildman–Crippen MR) is 73.1 cm³/mol. The Morgan fingerprint density at radius 3 is 2.74 bits per heavy atom. The van der Waals surface area contributed by atoms with E-state index < -0.39 is 5.91 Å². The molecule has 3 aromatic rings. The first kappa shape index (κ1) is 12.4. The van der Waals surface area contributed by atoms with Crippen molar-refractivity contribution in [2.45, 2.75) is 0 Å². The number of aromatic amines is 1. The Hall–Kier alpha value is -3.03. The molecule has 5 N–H and O–H groups in total. The highest BCUT2D eigenvalue weighted by Crippen LogP contribution is 2.09. The van der Waals surface area contributed by atoms with Gasteiger partial charge in [-0.05, 0) is 12.1 Å². The molecule has 8 heteroatoms. The molecule has 0 aromatic carbocycles. The summed E-state index contributed by atoms with van der Waals surface area (Å²) in [6.07, 6.45) is 5.95. The number of rotatable bonds is 1. The summed E-state index contributed by atoms with van der Waals surface area (Å²) >= 11 is 0. The van der Waals surface area contributed by atoms with Crippen LogP contribution in [0.5, 0.6) is 0 Å². The number of nitrogens with two attached hydrogens (primary N) is 2. The lowest BCUT2D eigenvalue weighted by Gasteiger charge is -1.89. The summed E-state index contributed by atoms with van der Waals surface area (Å²) in [4.78, 5) is 28.5. The molecule has 0 radical (unpaired) electrons. The summed E-state index contributed by atoms with van der Waals surface area (Å²) in [5, 5.41) is 0. The standard InChI is InChI=1S/C6H6N2O.C5H5N5.2H2/c7-6(9)5-2-1-3-8-4-5;6-4-3-5(9-1-7-3)10-2-8-4;;/h1-4H,(H2,7,9);1-2H,(H3,6,7,8,9,10);2*1H. The van der Waals surface area contributed by atoms with Gasteiger partial charge in [0.1, 0.15) is 11.8 Å². The highest BCUT2D eigenvalue weighted by Gasteiger charge is 1.99. The van der Waals surface area contributed by atoms with Crippen molar-refractivity contribution in [3.05, 3.63) is 42.7 Å². The molecule has 0 unspecified atom stereocenters. The lowest BCUT2D eigenvalue weighted by atomic mass is 10.3. The van der Waals surface area contributed by atoms with Crippen LogP contribution >= 0.6 is 0 Å². The van der Waals surface area contributed by atoms with Gasteiger partial charge in [0.2, 0.25) is 5.91 Å². The molecule has 0 atom stereocenters. The molecule has 1 amide bonds. The van der Waals surface area contributed by atoms with Gasteiger partial charge in [-0.1, -0.05) is 0 Å². The highest BCUT2D eigenvalue weighted by molar-refractivity contribution is 5.92. The number of carbonyl (C=O) groups is 1. The van der Waals surface area contributed by atoms with E-state index in [2.05, 4.69) is 24.9 Å². The zero-order valence-electron chi connectivity index (χ0n) is 9.82. The number of fused-ring (bicyclic) bond motifs is 1. The van der Waals surface area contributed by atoms with Gasteiger partial charge in [-0.3, -0.25) is 9.78 Å². The van der Waals surface area contributed by atoms with Gasteiger partial charge in [0.15, 0.2) is 11.5 Å². The van der Waals surface area contributed by atoms with Crippen molar-refractivity contribution in [2.24, 2.45) is 5.73 Å². The monoisotopic (exact) mass is 261 g/mol. The molecule has 100 valence electrons. The van der Waals surface area contributed by atoms with E-state index in [0.717, 1.165) is 0 Å². The maximum Gasteiger partial charge on any atom is 0.250 e. The number of imidazole rings is 1. The first-order valence-corrected chi connectivity index (χ1v) is 5.28. The van der Waals surface area contributed by atoms with Gasteiger partial charge in [-0.2, -0.15) is 0 Å². The van der Waals surface area contributed by atoms with Gasteiger partial charge < -0.3 is 16.5 Å². The fraction of sp³-hybridized carbons (Fsp3) is 0. The number of nitrogen functional groups attached to an aromatic ring is 1. The van der Waals surface area contributed by atoms with E-state index in [4.69, 9.17) is 11.5 Å². The van der Waals surface area contributed by atoms with Crippen LogP contribution in [0, 0.1) is 0 Å². The minimum atomic E-state index is -0.442. The van der Waals surface area contributed by atoms with Crippen molar-refractivity contribution in [1.29, 1.82) is 0 Å². The van der Waals surface area contributed by atoms with Crippen molar-refractivity contribution in [3.8, 4) is 0 Å². The number of amides is 1. The van der Waals surface area contributed by atoms with E-state index >= 15 is 0 Å². The number of primary amides is 1. The summed E-state index contributed by atoms with van der Waals surface area (Å²) in [6, 6.07) is 3.29. The van der Waals surface area contributed by atoms with Crippen LogP contribution in [-0.4, -0.2) is 30.8 Å². The van der Waals surface area contributed by atoms with Crippen LogP contribution in [0.4, 0.5) is 5.82 Å². The van der Waals surface area contributed by atoms with Gasteiger partial charge in [0.25, 0.3) is 0 Å². The molecule has 8 nitrogen and oxygen atoms in total. The van der Waals surface area contributed by atoms with E-state index in [1.165, 1.54) is 18.9 Å². The Morgan fingerprint density at radius 2 is 2.16 bits per heavy atom. The topological polar surface area (TPSA) is 136 Å². The van der Waals surface area contributed by atoms with Gasteiger partial charge in [-0.25, -0.2) is 15.0 Å². The van der Waals surface area contributed by atoms with E-state index in [-0.39, 0.29) is 2.85 Å².